The molecule has 174 valence electrons. The molecule has 4 rings (SSSR count). The number of hydrogen-bond donors (Lipinski definition) is 0. The molecule has 2 heterocycles. The molecule has 0 spiro atoms. The van der Waals surface area contributed by atoms with Crippen molar-refractivity contribution in [2.75, 3.05) is 27.3 Å². The van der Waals surface area contributed by atoms with Crippen LogP contribution in [0.4, 0.5) is 0 Å². The molecular formula is C27H32N2O4. The Morgan fingerprint density at radius 2 is 1.73 bits per heavy atom. The lowest BCUT2D eigenvalue weighted by atomic mass is 9.95. The highest BCUT2D eigenvalue weighted by Gasteiger charge is 2.42. The van der Waals surface area contributed by atoms with E-state index in [1.165, 1.54) is 4.90 Å². The van der Waals surface area contributed by atoms with E-state index in [0.717, 1.165) is 48.2 Å². The van der Waals surface area contributed by atoms with Gasteiger partial charge in [-0.25, -0.2) is 0 Å². The summed E-state index contributed by atoms with van der Waals surface area (Å²) in [4.78, 5) is 30.9. The molecule has 2 aliphatic heterocycles. The van der Waals surface area contributed by atoms with Crippen molar-refractivity contribution >= 4 is 17.4 Å². The number of piperidine rings is 1. The van der Waals surface area contributed by atoms with Crippen LogP contribution in [-0.2, 0) is 16.1 Å². The van der Waals surface area contributed by atoms with Gasteiger partial charge in [-0.15, -0.1) is 0 Å². The topological polar surface area (TPSA) is 59.1 Å². The summed E-state index contributed by atoms with van der Waals surface area (Å²) in [6, 6.07) is 11.5. The van der Waals surface area contributed by atoms with Crippen LogP contribution >= 0.6 is 0 Å². The van der Waals surface area contributed by atoms with E-state index in [-0.39, 0.29) is 18.4 Å². The van der Waals surface area contributed by atoms with Crippen molar-refractivity contribution in [3.63, 3.8) is 0 Å². The predicted octanol–water partition coefficient (Wildman–Crippen LogP) is 4.33. The number of hydrogen-bond acceptors (Lipinski definition) is 5. The van der Waals surface area contributed by atoms with Gasteiger partial charge in [-0.05, 0) is 61.4 Å². The molecule has 2 aromatic carbocycles. The molecule has 1 atom stereocenters. The summed E-state index contributed by atoms with van der Waals surface area (Å²) in [6.07, 6.45) is 2.15. The third-order valence-electron chi connectivity index (χ3n) is 6.56. The fourth-order valence-corrected chi connectivity index (χ4v) is 4.89. The summed E-state index contributed by atoms with van der Waals surface area (Å²) >= 11 is 0. The molecule has 6 nitrogen and oxygen atoms in total. The van der Waals surface area contributed by atoms with Gasteiger partial charge in [0.25, 0.3) is 11.8 Å². The molecule has 2 aliphatic rings. The normalized spacial score (nSPS) is 18.9. The molecule has 1 saturated heterocycles. The Labute approximate surface area is 195 Å². The van der Waals surface area contributed by atoms with Crippen LogP contribution in [0.5, 0.6) is 11.5 Å². The zero-order chi connectivity index (χ0) is 23.7. The van der Waals surface area contributed by atoms with Crippen LogP contribution in [0.3, 0.4) is 0 Å². The van der Waals surface area contributed by atoms with Gasteiger partial charge in [0, 0.05) is 13.1 Å². The molecule has 33 heavy (non-hydrogen) atoms. The number of methoxy groups -OCH3 is 2. The van der Waals surface area contributed by atoms with Gasteiger partial charge < -0.3 is 14.4 Å². The maximum absolute atomic E-state index is 13.7. The molecule has 1 fully saturated rings. The Morgan fingerprint density at radius 3 is 2.39 bits per heavy atom. The Balaban J connectivity index is 1.74. The van der Waals surface area contributed by atoms with Crippen molar-refractivity contribution in [3.8, 4) is 11.5 Å². The van der Waals surface area contributed by atoms with Gasteiger partial charge in [-0.1, -0.05) is 36.8 Å². The monoisotopic (exact) mass is 448 g/mol. The van der Waals surface area contributed by atoms with Crippen molar-refractivity contribution in [1.29, 1.82) is 0 Å². The minimum atomic E-state index is -0.241. The van der Waals surface area contributed by atoms with Gasteiger partial charge in [0.2, 0.25) is 0 Å². The smallest absolute Gasteiger partial charge is 0.278 e. The van der Waals surface area contributed by atoms with Crippen molar-refractivity contribution in [1.82, 2.24) is 9.80 Å². The van der Waals surface area contributed by atoms with Gasteiger partial charge in [0.05, 0.1) is 26.3 Å². The third-order valence-corrected chi connectivity index (χ3v) is 6.56. The second-order valence-corrected chi connectivity index (χ2v) is 9.12. The highest BCUT2D eigenvalue weighted by atomic mass is 16.5. The first-order chi connectivity index (χ1) is 15.8. The van der Waals surface area contributed by atoms with Crippen LogP contribution in [0.25, 0.3) is 5.57 Å². The van der Waals surface area contributed by atoms with Crippen LogP contribution in [0.2, 0.25) is 0 Å². The lowest BCUT2D eigenvalue weighted by Crippen LogP contribution is -2.39. The second-order valence-electron chi connectivity index (χ2n) is 9.12. The zero-order valence-corrected chi connectivity index (χ0v) is 20.1. The molecule has 0 N–H and O–H groups in total. The van der Waals surface area contributed by atoms with Crippen molar-refractivity contribution in [2.24, 2.45) is 5.92 Å². The number of nitrogens with zero attached hydrogens (tertiary/aromatic N) is 2. The summed E-state index contributed by atoms with van der Waals surface area (Å²) in [5, 5.41) is 0. The fraction of sp³-hybridized carbons (Fsp3) is 0.407. The predicted molar refractivity (Wildman–Crippen MR) is 128 cm³/mol. The van der Waals surface area contributed by atoms with Gasteiger partial charge in [0.15, 0.2) is 11.5 Å². The highest BCUT2D eigenvalue weighted by Crippen LogP contribution is 2.37. The van der Waals surface area contributed by atoms with E-state index < -0.39 is 0 Å². The first-order valence-corrected chi connectivity index (χ1v) is 11.5. The maximum atomic E-state index is 13.7. The van der Waals surface area contributed by atoms with Crippen molar-refractivity contribution in [3.05, 3.63) is 64.3 Å². The lowest BCUT2D eigenvalue weighted by molar-refractivity contribution is -0.138. The largest absolute Gasteiger partial charge is 0.493 e. The molecule has 6 heteroatoms. The third kappa shape index (κ3) is 4.34. The highest BCUT2D eigenvalue weighted by molar-refractivity contribution is 6.35. The van der Waals surface area contributed by atoms with E-state index >= 15 is 0 Å². The maximum Gasteiger partial charge on any atom is 0.278 e. The number of imide groups is 1. The molecule has 1 unspecified atom stereocenters. The van der Waals surface area contributed by atoms with Gasteiger partial charge in [-0.3, -0.25) is 14.5 Å². The molecule has 0 aliphatic carbocycles. The fourth-order valence-electron chi connectivity index (χ4n) is 4.89. The molecule has 0 bridgehead atoms. The number of benzene rings is 2. The second kappa shape index (κ2) is 9.30. The van der Waals surface area contributed by atoms with Gasteiger partial charge in [0.1, 0.15) is 5.70 Å². The average Bonchev–Trinajstić information content (AvgIpc) is 3.03. The first-order valence-electron chi connectivity index (χ1n) is 11.5. The van der Waals surface area contributed by atoms with Crippen LogP contribution in [0.1, 0.15) is 42.0 Å². The van der Waals surface area contributed by atoms with E-state index in [4.69, 9.17) is 9.47 Å². The van der Waals surface area contributed by atoms with E-state index in [1.807, 2.05) is 38.1 Å². The number of likely N-dealkylation sites (tertiary alicyclic amines) is 1. The Hall–Kier alpha value is -3.28. The Morgan fingerprint density at radius 1 is 0.970 bits per heavy atom. The number of rotatable bonds is 6. The minimum Gasteiger partial charge on any atom is -0.493 e. The zero-order valence-electron chi connectivity index (χ0n) is 20.1. The molecule has 0 aromatic heterocycles. The molecule has 0 radical (unpaired) electrons. The van der Waals surface area contributed by atoms with Gasteiger partial charge in [-0.2, -0.15) is 0 Å². The van der Waals surface area contributed by atoms with Crippen LogP contribution < -0.4 is 9.47 Å². The summed E-state index contributed by atoms with van der Waals surface area (Å²) in [5.41, 5.74) is 4.83. The lowest BCUT2D eigenvalue weighted by Gasteiger charge is -2.33. The number of amides is 2. The summed E-state index contributed by atoms with van der Waals surface area (Å²) in [7, 11) is 3.15. The summed E-state index contributed by atoms with van der Waals surface area (Å²) in [5.74, 6) is 1.20. The van der Waals surface area contributed by atoms with Crippen LogP contribution in [-0.4, -0.2) is 48.9 Å². The van der Waals surface area contributed by atoms with Crippen molar-refractivity contribution < 1.29 is 19.1 Å². The average molecular weight is 449 g/mol. The Bertz CT molecular complexity index is 1120. The standard InChI is InChI=1S/C27H32N2O4/c1-17-8-10-21(19(3)13-17)24-25(28-12-6-7-18(2)15-28)27(31)29(26(24)30)16-20-9-11-22(32-4)23(14-20)33-5/h8-11,13-14,18H,6-7,12,15-16H2,1-5H3. The molecular weight excluding hydrogens is 416 g/mol. The van der Waals surface area contributed by atoms with E-state index in [2.05, 4.69) is 17.9 Å². The number of carbonyl (C=O) groups is 2. The summed E-state index contributed by atoms with van der Waals surface area (Å²) < 4.78 is 10.7. The molecule has 2 amide bonds. The van der Waals surface area contributed by atoms with E-state index in [9.17, 15) is 9.59 Å². The molecule has 0 saturated carbocycles. The summed E-state index contributed by atoms with van der Waals surface area (Å²) in [6.45, 7) is 7.99. The van der Waals surface area contributed by atoms with Crippen LogP contribution in [0, 0.1) is 19.8 Å². The Kier molecular flexibility index (Phi) is 6.45. The number of carbonyl (C=O) groups excluding carboxylic acids is 2. The van der Waals surface area contributed by atoms with Crippen molar-refractivity contribution in [2.45, 2.75) is 40.2 Å². The SMILES string of the molecule is COc1ccc(CN2C(=O)C(c3ccc(C)cc3C)=C(N3CCCC(C)C3)C2=O)cc1OC. The molecule has 2 aromatic rings. The first kappa shape index (κ1) is 22.9. The van der Waals surface area contributed by atoms with E-state index in [1.54, 1.807) is 20.3 Å². The van der Waals surface area contributed by atoms with Gasteiger partial charge >= 0.3 is 0 Å². The minimum absolute atomic E-state index is 0.180. The number of aryl methyl sites for hydroxylation is 2. The quantitative estimate of drug-likeness (QED) is 0.616. The van der Waals surface area contributed by atoms with Crippen LogP contribution in [0.15, 0.2) is 42.1 Å². The number of ether oxygens (including phenoxy) is 2. The van der Waals surface area contributed by atoms with E-state index in [0.29, 0.717) is 28.7 Å².